The number of ketones is 1. The van der Waals surface area contributed by atoms with Crippen LogP contribution < -0.4 is 0 Å². The number of hydrogen-bond donors (Lipinski definition) is 1. The molecule has 0 saturated heterocycles. The molecule has 1 N–H and O–H groups in total. The van der Waals surface area contributed by atoms with Crippen LogP contribution in [0, 0.1) is 23.5 Å². The first-order valence-corrected chi connectivity index (χ1v) is 10.8. The molecule has 0 amide bonds. The number of carbonyl (C=O) groups excluding carboxylic acids is 1. The molecule has 5 nitrogen and oxygen atoms in total. The van der Waals surface area contributed by atoms with Gasteiger partial charge in [0.2, 0.25) is 0 Å². The van der Waals surface area contributed by atoms with Crippen LogP contribution in [0.1, 0.15) is 41.5 Å². The van der Waals surface area contributed by atoms with Crippen LogP contribution in [0.25, 0.3) is 16.7 Å². The first kappa shape index (κ1) is 21.0. The molecule has 0 radical (unpaired) electrons. The predicted molar refractivity (Wildman–Crippen MR) is 111 cm³/mol. The van der Waals surface area contributed by atoms with Crippen molar-refractivity contribution < 1.29 is 26.7 Å². The second-order valence-corrected chi connectivity index (χ2v) is 8.91. The monoisotopic (exact) mass is 472 g/mol. The van der Waals surface area contributed by atoms with Crippen molar-refractivity contribution in [2.45, 2.75) is 30.9 Å². The number of nitrogens with zero attached hydrogens (tertiary/aromatic N) is 3. The van der Waals surface area contributed by atoms with E-state index in [4.69, 9.17) is 0 Å². The number of H-pyrrole nitrogens is 1. The molecule has 2 aromatic heterocycles. The number of aromatic amines is 1. The lowest BCUT2D eigenvalue weighted by atomic mass is 9.56. The van der Waals surface area contributed by atoms with Gasteiger partial charge in [0.05, 0.1) is 29.0 Å². The first-order valence-electron chi connectivity index (χ1n) is 10.8. The minimum absolute atomic E-state index is 0.0452. The summed E-state index contributed by atoms with van der Waals surface area (Å²) in [5, 5.41) is 3.39. The third-order valence-electron chi connectivity index (χ3n) is 6.86. The van der Waals surface area contributed by atoms with E-state index in [1.807, 2.05) is 0 Å². The molecule has 2 saturated carbocycles. The number of nitrogens with one attached hydrogen (secondary N) is 1. The van der Waals surface area contributed by atoms with Crippen molar-refractivity contribution >= 4 is 16.8 Å². The normalized spacial score (nSPS) is 22.9. The van der Waals surface area contributed by atoms with Crippen molar-refractivity contribution in [1.82, 2.24) is 19.7 Å². The Bertz CT molecular complexity index is 1410. The van der Waals surface area contributed by atoms with Gasteiger partial charge in [0.25, 0.3) is 0 Å². The fourth-order valence-electron chi connectivity index (χ4n) is 5.14. The average Bonchev–Trinajstić information content (AvgIpc) is 3.26. The number of benzene rings is 2. The average molecular weight is 472 g/mol. The minimum Gasteiger partial charge on any atom is -0.345 e. The van der Waals surface area contributed by atoms with E-state index >= 15 is 8.78 Å². The van der Waals surface area contributed by atoms with Gasteiger partial charge in [-0.05, 0) is 42.5 Å². The standard InChI is InChI=1S/C24H17F5N4O/c25-14-8-13(33-6-5-18(32-33)24(27,28)29)9-15(26)21(14)22-19(11-1-2-11)23(34)20(22)12-3-4-16-17(7-12)31-10-30-16/h3-11,19-20,22H,1-2H2,(H,30,31)/t19-,20?,22+/m1/s1. The van der Waals surface area contributed by atoms with Crippen LogP contribution in [0.4, 0.5) is 22.0 Å². The smallest absolute Gasteiger partial charge is 0.345 e. The van der Waals surface area contributed by atoms with Gasteiger partial charge in [0, 0.05) is 35.7 Å². The molecule has 174 valence electrons. The maximum atomic E-state index is 15.4. The van der Waals surface area contributed by atoms with E-state index in [9.17, 15) is 18.0 Å². The van der Waals surface area contributed by atoms with E-state index < -0.39 is 41.3 Å². The van der Waals surface area contributed by atoms with Crippen LogP contribution in [-0.4, -0.2) is 25.5 Å². The van der Waals surface area contributed by atoms with Crippen molar-refractivity contribution in [2.75, 3.05) is 0 Å². The largest absolute Gasteiger partial charge is 0.435 e. The number of Topliss-reactive ketones (excluding diaryl/α,β-unsaturated/α-hetero) is 1. The summed E-state index contributed by atoms with van der Waals surface area (Å²) in [4.78, 5) is 20.3. The highest BCUT2D eigenvalue weighted by Gasteiger charge is 2.57. The van der Waals surface area contributed by atoms with E-state index in [0.717, 1.165) is 47.4 Å². The lowest BCUT2D eigenvalue weighted by Crippen LogP contribution is -2.46. The van der Waals surface area contributed by atoms with E-state index in [1.54, 1.807) is 18.2 Å². The SMILES string of the molecule is O=C1C(c2ccc3nc[nH]c3c2)[C@@H](c2c(F)cc(-n3ccc(C(F)(F)F)n3)cc2F)[C@H]1C1CC1. The van der Waals surface area contributed by atoms with E-state index in [2.05, 4.69) is 15.1 Å². The highest BCUT2D eigenvalue weighted by molar-refractivity contribution is 5.98. The Balaban J connectivity index is 1.41. The molecule has 10 heteroatoms. The summed E-state index contributed by atoms with van der Waals surface area (Å²) in [7, 11) is 0. The van der Waals surface area contributed by atoms with Gasteiger partial charge in [0.1, 0.15) is 17.4 Å². The third-order valence-corrected chi connectivity index (χ3v) is 6.86. The van der Waals surface area contributed by atoms with Crippen LogP contribution in [0.3, 0.4) is 0 Å². The molecule has 0 bridgehead atoms. The molecule has 2 aliphatic carbocycles. The number of alkyl halides is 3. The number of halogens is 5. The summed E-state index contributed by atoms with van der Waals surface area (Å²) >= 11 is 0. The van der Waals surface area contributed by atoms with E-state index in [-0.39, 0.29) is 23.0 Å². The molecule has 1 unspecified atom stereocenters. The summed E-state index contributed by atoms with van der Waals surface area (Å²) < 4.78 is 70.1. The zero-order valence-corrected chi connectivity index (χ0v) is 17.5. The third kappa shape index (κ3) is 3.23. The lowest BCUT2D eigenvalue weighted by molar-refractivity contribution is -0.141. The molecule has 6 rings (SSSR count). The fourth-order valence-corrected chi connectivity index (χ4v) is 5.14. The van der Waals surface area contributed by atoms with Gasteiger partial charge >= 0.3 is 6.18 Å². The van der Waals surface area contributed by atoms with Gasteiger partial charge in [-0.15, -0.1) is 0 Å². The van der Waals surface area contributed by atoms with Crippen LogP contribution in [0.5, 0.6) is 0 Å². The molecule has 2 aliphatic rings. The molecule has 0 spiro atoms. The van der Waals surface area contributed by atoms with Crippen molar-refractivity contribution in [2.24, 2.45) is 11.8 Å². The highest BCUT2D eigenvalue weighted by atomic mass is 19.4. The van der Waals surface area contributed by atoms with Crippen molar-refractivity contribution in [3.8, 4) is 5.69 Å². The van der Waals surface area contributed by atoms with Crippen LogP contribution in [-0.2, 0) is 11.0 Å². The number of rotatable bonds is 4. The van der Waals surface area contributed by atoms with E-state index in [0.29, 0.717) is 11.1 Å². The lowest BCUT2D eigenvalue weighted by Gasteiger charge is -2.44. The molecule has 2 aromatic carbocycles. The Morgan fingerprint density at radius 3 is 2.38 bits per heavy atom. The van der Waals surface area contributed by atoms with Gasteiger partial charge < -0.3 is 4.98 Å². The van der Waals surface area contributed by atoms with Crippen LogP contribution in [0.15, 0.2) is 48.9 Å². The second-order valence-electron chi connectivity index (χ2n) is 8.91. The summed E-state index contributed by atoms with van der Waals surface area (Å²) in [6.07, 6.45) is -0.491. The molecule has 2 heterocycles. The van der Waals surface area contributed by atoms with E-state index in [1.165, 1.54) is 6.33 Å². The Morgan fingerprint density at radius 1 is 1.00 bits per heavy atom. The van der Waals surface area contributed by atoms with Crippen LogP contribution >= 0.6 is 0 Å². The zero-order chi connectivity index (χ0) is 23.8. The molecule has 34 heavy (non-hydrogen) atoms. The van der Waals surface area contributed by atoms with Gasteiger partial charge in [0.15, 0.2) is 5.69 Å². The number of hydrogen-bond acceptors (Lipinski definition) is 3. The molecule has 3 atom stereocenters. The fraction of sp³-hybridized carbons (Fsp3) is 0.292. The predicted octanol–water partition coefficient (Wildman–Crippen LogP) is 5.52. The second kappa shape index (κ2) is 7.22. The van der Waals surface area contributed by atoms with Crippen molar-refractivity contribution in [3.63, 3.8) is 0 Å². The summed E-state index contributed by atoms with van der Waals surface area (Å²) in [6.45, 7) is 0. The molecular formula is C24H17F5N4O. The minimum atomic E-state index is -4.67. The molecule has 0 aliphatic heterocycles. The number of carbonyl (C=O) groups is 1. The number of aromatic nitrogens is 4. The summed E-state index contributed by atoms with van der Waals surface area (Å²) in [5.41, 5.74) is 0.536. The summed E-state index contributed by atoms with van der Waals surface area (Å²) in [5.74, 6) is -3.67. The topological polar surface area (TPSA) is 63.6 Å². The molecule has 4 aromatic rings. The molecule has 2 fully saturated rings. The maximum Gasteiger partial charge on any atom is 0.435 e. The van der Waals surface area contributed by atoms with Gasteiger partial charge in [-0.1, -0.05) is 6.07 Å². The van der Waals surface area contributed by atoms with Crippen molar-refractivity contribution in [1.29, 1.82) is 0 Å². The van der Waals surface area contributed by atoms with Gasteiger partial charge in [-0.3, -0.25) is 4.79 Å². The zero-order valence-electron chi connectivity index (χ0n) is 17.5. The quantitative estimate of drug-likeness (QED) is 0.398. The van der Waals surface area contributed by atoms with Gasteiger partial charge in [-0.25, -0.2) is 18.4 Å². The molecular weight excluding hydrogens is 455 g/mol. The highest BCUT2D eigenvalue weighted by Crippen LogP contribution is 2.59. The Labute approximate surface area is 189 Å². The van der Waals surface area contributed by atoms with Crippen molar-refractivity contribution in [3.05, 3.63) is 77.4 Å². The number of imidazole rings is 1. The number of fused-ring (bicyclic) bond motifs is 1. The maximum absolute atomic E-state index is 15.4. The Morgan fingerprint density at radius 2 is 1.74 bits per heavy atom. The van der Waals surface area contributed by atoms with Gasteiger partial charge in [-0.2, -0.15) is 18.3 Å². The Kier molecular flexibility index (Phi) is 4.46. The Hall–Kier alpha value is -3.56. The summed E-state index contributed by atoms with van der Waals surface area (Å²) in [6, 6.07) is 7.93. The first-order chi connectivity index (χ1) is 16.2. The van der Waals surface area contributed by atoms with Crippen LogP contribution in [0.2, 0.25) is 0 Å².